The highest BCUT2D eigenvalue weighted by atomic mass is 79.9. The van der Waals surface area contributed by atoms with Gasteiger partial charge in [0.05, 0.1) is 13.7 Å². The molecule has 1 aromatic carbocycles. The average Bonchev–Trinajstić information content (AvgIpc) is 2.53. The van der Waals surface area contributed by atoms with E-state index in [2.05, 4.69) is 31.1 Å². The summed E-state index contributed by atoms with van der Waals surface area (Å²) in [5.41, 5.74) is 7.49. The van der Waals surface area contributed by atoms with E-state index in [1.807, 2.05) is 18.2 Å². The van der Waals surface area contributed by atoms with Crippen LogP contribution in [0.5, 0.6) is 0 Å². The minimum absolute atomic E-state index is 0.203. The summed E-state index contributed by atoms with van der Waals surface area (Å²) in [6.07, 6.45) is 1.77. The van der Waals surface area contributed by atoms with Gasteiger partial charge < -0.3 is 15.8 Å². The number of nitrogens with zero attached hydrogens (tertiary/aromatic N) is 2. The van der Waals surface area contributed by atoms with Crippen LogP contribution in [0.1, 0.15) is 5.56 Å². The van der Waals surface area contributed by atoms with Gasteiger partial charge in [-0.15, -0.1) is 0 Å². The predicted molar refractivity (Wildman–Crippen MR) is 91.3 cm³/mol. The van der Waals surface area contributed by atoms with Crippen molar-refractivity contribution in [2.75, 3.05) is 45.6 Å². The number of halogens is 1. The fraction of sp³-hybridized carbons (Fsp3) is 0.467. The molecule has 1 fully saturated rings. The highest BCUT2D eigenvalue weighted by molar-refractivity contribution is 9.10. The number of methoxy groups -OCH3 is 1. The van der Waals surface area contributed by atoms with Gasteiger partial charge in [-0.05, 0) is 12.1 Å². The van der Waals surface area contributed by atoms with E-state index in [1.54, 1.807) is 6.21 Å². The monoisotopic (exact) mass is 368 g/mol. The molecular formula is C15H21BrN4O2. The highest BCUT2D eigenvalue weighted by Gasteiger charge is 2.28. The topological polar surface area (TPSA) is 80.0 Å². The molecule has 0 bridgehead atoms. The lowest BCUT2D eigenvalue weighted by Crippen LogP contribution is -2.55. The van der Waals surface area contributed by atoms with E-state index in [1.165, 1.54) is 7.11 Å². The lowest BCUT2D eigenvalue weighted by molar-refractivity contribution is -0.147. The predicted octanol–water partition coefficient (Wildman–Crippen LogP) is 0.897. The summed E-state index contributed by atoms with van der Waals surface area (Å²) in [6.45, 7) is 3.62. The maximum atomic E-state index is 11.8. The van der Waals surface area contributed by atoms with Gasteiger partial charge in [0.1, 0.15) is 6.04 Å². The summed E-state index contributed by atoms with van der Waals surface area (Å²) in [6, 6.07) is 5.43. The second kappa shape index (κ2) is 8.26. The zero-order valence-corrected chi connectivity index (χ0v) is 14.2. The molecule has 1 atom stereocenters. The van der Waals surface area contributed by atoms with E-state index in [4.69, 9.17) is 10.5 Å². The maximum Gasteiger partial charge on any atom is 0.324 e. The van der Waals surface area contributed by atoms with Crippen molar-refractivity contribution in [3.63, 3.8) is 0 Å². The van der Waals surface area contributed by atoms with Gasteiger partial charge in [-0.2, -0.15) is 0 Å². The van der Waals surface area contributed by atoms with E-state index in [-0.39, 0.29) is 12.0 Å². The van der Waals surface area contributed by atoms with Crippen molar-refractivity contribution in [2.24, 2.45) is 4.99 Å². The molecule has 1 unspecified atom stereocenters. The first-order valence-electron chi connectivity index (χ1n) is 7.20. The van der Waals surface area contributed by atoms with Crippen LogP contribution in [0.2, 0.25) is 0 Å². The molecule has 0 radical (unpaired) electrons. The van der Waals surface area contributed by atoms with Crippen LogP contribution in [0.4, 0.5) is 5.69 Å². The molecule has 0 spiro atoms. The Kier molecular flexibility index (Phi) is 6.35. The molecule has 1 saturated heterocycles. The minimum Gasteiger partial charge on any atom is -0.468 e. The summed E-state index contributed by atoms with van der Waals surface area (Å²) >= 11 is 3.46. The standard InChI is InChI=1S/C15H21BrN4O2/c1-22-15(21)14-10-19-6-8-20(14)7-5-18-9-11-12(16)3-2-4-13(11)17/h2-4,9,14,19H,5-8,10,17H2,1H3. The van der Waals surface area contributed by atoms with Crippen LogP contribution < -0.4 is 11.1 Å². The van der Waals surface area contributed by atoms with Crippen molar-refractivity contribution in [3.8, 4) is 0 Å². The number of piperazine rings is 1. The third-order valence-corrected chi connectivity index (χ3v) is 4.34. The lowest BCUT2D eigenvalue weighted by Gasteiger charge is -2.33. The Morgan fingerprint density at radius 1 is 1.64 bits per heavy atom. The number of rotatable bonds is 5. The Hall–Kier alpha value is -1.44. The van der Waals surface area contributed by atoms with E-state index in [0.717, 1.165) is 23.1 Å². The molecule has 0 amide bonds. The number of carbonyl (C=O) groups is 1. The van der Waals surface area contributed by atoms with Gasteiger partial charge in [-0.3, -0.25) is 14.7 Å². The summed E-state index contributed by atoms with van der Waals surface area (Å²) in [5.74, 6) is -0.203. The molecule has 7 heteroatoms. The molecule has 1 aromatic rings. The van der Waals surface area contributed by atoms with Crippen LogP contribution >= 0.6 is 15.9 Å². The molecule has 1 heterocycles. The van der Waals surface area contributed by atoms with Crippen molar-refractivity contribution in [1.29, 1.82) is 0 Å². The second-order valence-electron chi connectivity index (χ2n) is 5.06. The molecule has 22 heavy (non-hydrogen) atoms. The Morgan fingerprint density at radius 2 is 2.45 bits per heavy atom. The number of aliphatic imine (C=N–C) groups is 1. The van der Waals surface area contributed by atoms with Crippen molar-refractivity contribution < 1.29 is 9.53 Å². The molecule has 6 nitrogen and oxygen atoms in total. The zero-order chi connectivity index (χ0) is 15.9. The second-order valence-corrected chi connectivity index (χ2v) is 5.91. The first-order valence-corrected chi connectivity index (χ1v) is 7.99. The van der Waals surface area contributed by atoms with Crippen LogP contribution in [0.3, 0.4) is 0 Å². The van der Waals surface area contributed by atoms with Gasteiger partial charge in [0, 0.05) is 48.1 Å². The first kappa shape index (κ1) is 16.9. The molecule has 1 aliphatic rings. The number of ether oxygens (including phenoxy) is 1. The van der Waals surface area contributed by atoms with E-state index in [0.29, 0.717) is 25.3 Å². The van der Waals surface area contributed by atoms with Crippen LogP contribution in [0, 0.1) is 0 Å². The van der Waals surface area contributed by atoms with Crippen molar-refractivity contribution in [1.82, 2.24) is 10.2 Å². The number of benzene rings is 1. The molecule has 0 saturated carbocycles. The maximum absolute atomic E-state index is 11.8. The molecule has 0 aliphatic carbocycles. The van der Waals surface area contributed by atoms with E-state index in [9.17, 15) is 4.79 Å². The van der Waals surface area contributed by atoms with E-state index >= 15 is 0 Å². The Morgan fingerprint density at radius 3 is 3.18 bits per heavy atom. The summed E-state index contributed by atoms with van der Waals surface area (Å²) in [7, 11) is 1.42. The fourth-order valence-electron chi connectivity index (χ4n) is 2.41. The number of nitrogens with one attached hydrogen (secondary N) is 1. The van der Waals surface area contributed by atoms with Gasteiger partial charge in [0.15, 0.2) is 0 Å². The number of anilines is 1. The molecule has 2 rings (SSSR count). The Balaban J connectivity index is 1.92. The Bertz CT molecular complexity index is 530. The normalized spacial score (nSPS) is 19.5. The fourth-order valence-corrected chi connectivity index (χ4v) is 2.90. The number of hydrogen-bond donors (Lipinski definition) is 2. The first-order chi connectivity index (χ1) is 10.6. The van der Waals surface area contributed by atoms with Crippen LogP contribution in [-0.4, -0.2) is 63.0 Å². The molecule has 1 aliphatic heterocycles. The SMILES string of the molecule is COC(=O)C1CNCCN1CCN=Cc1c(N)cccc1Br. The van der Waals surface area contributed by atoms with Gasteiger partial charge in [0.2, 0.25) is 0 Å². The van der Waals surface area contributed by atoms with Crippen LogP contribution in [0.15, 0.2) is 27.7 Å². The summed E-state index contributed by atoms with van der Waals surface area (Å²) < 4.78 is 5.77. The molecule has 120 valence electrons. The Labute approximate surface area is 138 Å². The summed E-state index contributed by atoms with van der Waals surface area (Å²) in [5, 5.41) is 3.21. The largest absolute Gasteiger partial charge is 0.468 e. The lowest BCUT2D eigenvalue weighted by atomic mass is 10.2. The average molecular weight is 369 g/mol. The highest BCUT2D eigenvalue weighted by Crippen LogP contribution is 2.20. The van der Waals surface area contributed by atoms with Gasteiger partial charge in [-0.25, -0.2) is 0 Å². The third-order valence-electron chi connectivity index (χ3n) is 3.65. The molecular weight excluding hydrogens is 348 g/mol. The smallest absolute Gasteiger partial charge is 0.324 e. The number of esters is 1. The van der Waals surface area contributed by atoms with Gasteiger partial charge >= 0.3 is 5.97 Å². The summed E-state index contributed by atoms with van der Waals surface area (Å²) in [4.78, 5) is 18.3. The van der Waals surface area contributed by atoms with Gasteiger partial charge in [-0.1, -0.05) is 22.0 Å². The minimum atomic E-state index is -0.234. The van der Waals surface area contributed by atoms with Crippen molar-refractivity contribution in [2.45, 2.75) is 6.04 Å². The van der Waals surface area contributed by atoms with Crippen molar-refractivity contribution in [3.05, 3.63) is 28.2 Å². The number of carbonyl (C=O) groups excluding carboxylic acids is 1. The third kappa shape index (κ3) is 4.28. The van der Waals surface area contributed by atoms with Crippen LogP contribution in [-0.2, 0) is 9.53 Å². The zero-order valence-electron chi connectivity index (χ0n) is 12.6. The quantitative estimate of drug-likeness (QED) is 0.458. The number of nitrogen functional groups attached to an aromatic ring is 1. The van der Waals surface area contributed by atoms with E-state index < -0.39 is 0 Å². The van der Waals surface area contributed by atoms with Crippen molar-refractivity contribution >= 4 is 33.8 Å². The molecule has 0 aromatic heterocycles. The molecule has 3 N–H and O–H groups in total. The van der Waals surface area contributed by atoms with Crippen LogP contribution in [0.25, 0.3) is 0 Å². The number of hydrogen-bond acceptors (Lipinski definition) is 6. The van der Waals surface area contributed by atoms with Gasteiger partial charge in [0.25, 0.3) is 0 Å². The number of nitrogens with two attached hydrogens (primary N) is 1.